The first-order valence-corrected chi connectivity index (χ1v) is 8.21. The van der Waals surface area contributed by atoms with Gasteiger partial charge in [0, 0.05) is 11.4 Å². The molecule has 3 N–H and O–H groups in total. The number of anilines is 2. The molecule has 0 bridgehead atoms. The third kappa shape index (κ3) is 6.35. The summed E-state index contributed by atoms with van der Waals surface area (Å²) in [4.78, 5) is 24.8. The van der Waals surface area contributed by atoms with Crippen LogP contribution in [-0.2, 0) is 16.0 Å². The fourth-order valence-corrected chi connectivity index (χ4v) is 2.38. The Bertz CT molecular complexity index is 714. The van der Waals surface area contributed by atoms with Crippen molar-refractivity contribution in [1.29, 1.82) is 0 Å². The summed E-state index contributed by atoms with van der Waals surface area (Å²) in [5, 5.41) is 5.50. The summed E-state index contributed by atoms with van der Waals surface area (Å²) in [5.74, 6) is -0.745. The van der Waals surface area contributed by atoms with Crippen LogP contribution in [0.4, 0.5) is 15.8 Å². The molecule has 0 aromatic heterocycles. The van der Waals surface area contributed by atoms with Gasteiger partial charge in [0.2, 0.25) is 0 Å². The van der Waals surface area contributed by atoms with Gasteiger partial charge in [-0.15, -0.1) is 0 Å². The monoisotopic (exact) mass is 344 g/mol. The van der Waals surface area contributed by atoms with Gasteiger partial charge < -0.3 is 15.5 Å². The standard InChI is InChI=1S/C19H22FN3O2/c1-3-14-4-8-16(9-5-14)21-18(24)12-23(2)13-19(25)22-17-10-6-15(20)7-11-17/h4-11H,3,12-13H2,1-2H3,(H,21,24)(H,22,25)/p+1. The third-order valence-electron chi connectivity index (χ3n) is 3.70. The molecular weight excluding hydrogens is 321 g/mol. The van der Waals surface area contributed by atoms with Crippen LogP contribution in [-0.4, -0.2) is 32.0 Å². The number of hydrogen-bond donors (Lipinski definition) is 3. The molecule has 0 aliphatic carbocycles. The van der Waals surface area contributed by atoms with Gasteiger partial charge in [-0.1, -0.05) is 19.1 Å². The molecule has 0 aliphatic rings. The zero-order chi connectivity index (χ0) is 18.2. The maximum Gasteiger partial charge on any atom is 0.279 e. The van der Waals surface area contributed by atoms with Gasteiger partial charge in [-0.25, -0.2) is 4.39 Å². The first kappa shape index (κ1) is 18.6. The van der Waals surface area contributed by atoms with Crippen molar-refractivity contribution in [2.24, 2.45) is 0 Å². The van der Waals surface area contributed by atoms with Crippen LogP contribution < -0.4 is 15.5 Å². The Morgan fingerprint density at radius 1 is 0.880 bits per heavy atom. The Balaban J connectivity index is 1.77. The van der Waals surface area contributed by atoms with E-state index < -0.39 is 0 Å². The number of halogens is 1. The predicted octanol–water partition coefficient (Wildman–Crippen LogP) is 1.48. The molecule has 2 aromatic carbocycles. The van der Waals surface area contributed by atoms with E-state index in [1.807, 2.05) is 24.3 Å². The molecule has 0 spiro atoms. The van der Waals surface area contributed by atoms with Gasteiger partial charge in [-0.05, 0) is 48.4 Å². The van der Waals surface area contributed by atoms with Crippen molar-refractivity contribution in [3.63, 3.8) is 0 Å². The zero-order valence-corrected chi connectivity index (χ0v) is 14.4. The van der Waals surface area contributed by atoms with Crippen LogP contribution in [0.25, 0.3) is 0 Å². The highest BCUT2D eigenvalue weighted by Crippen LogP contribution is 2.09. The molecule has 0 saturated carbocycles. The molecule has 1 atom stereocenters. The summed E-state index contributed by atoms with van der Waals surface area (Å²) in [7, 11) is 1.77. The minimum atomic E-state index is -0.357. The van der Waals surface area contributed by atoms with Gasteiger partial charge in [-0.2, -0.15) is 0 Å². The van der Waals surface area contributed by atoms with Crippen LogP contribution in [0.1, 0.15) is 12.5 Å². The van der Waals surface area contributed by atoms with Gasteiger partial charge in [0.1, 0.15) is 5.82 Å². The highest BCUT2D eigenvalue weighted by molar-refractivity contribution is 5.93. The van der Waals surface area contributed by atoms with E-state index >= 15 is 0 Å². The molecule has 0 radical (unpaired) electrons. The normalized spacial score (nSPS) is 11.6. The maximum atomic E-state index is 12.8. The lowest BCUT2D eigenvalue weighted by atomic mass is 10.1. The Kier molecular flexibility index (Phi) is 6.65. The maximum absolute atomic E-state index is 12.8. The fraction of sp³-hybridized carbons (Fsp3) is 0.263. The highest BCUT2D eigenvalue weighted by Gasteiger charge is 2.14. The molecule has 2 amide bonds. The van der Waals surface area contributed by atoms with Crippen LogP contribution in [0, 0.1) is 5.82 Å². The van der Waals surface area contributed by atoms with Crippen molar-refractivity contribution in [3.8, 4) is 0 Å². The van der Waals surface area contributed by atoms with E-state index in [4.69, 9.17) is 0 Å². The molecule has 2 aromatic rings. The van der Waals surface area contributed by atoms with Crippen molar-refractivity contribution in [3.05, 3.63) is 59.9 Å². The number of hydrogen-bond acceptors (Lipinski definition) is 2. The van der Waals surface area contributed by atoms with E-state index in [1.165, 1.54) is 29.8 Å². The largest absolute Gasteiger partial charge is 0.322 e. The first-order chi connectivity index (χ1) is 12.0. The van der Waals surface area contributed by atoms with Crippen molar-refractivity contribution in [1.82, 2.24) is 0 Å². The molecular formula is C19H23FN3O2+. The zero-order valence-electron chi connectivity index (χ0n) is 14.4. The van der Waals surface area contributed by atoms with Crippen LogP contribution >= 0.6 is 0 Å². The summed E-state index contributed by atoms with van der Waals surface area (Å²) in [6.45, 7) is 2.38. The van der Waals surface area contributed by atoms with E-state index in [2.05, 4.69) is 17.6 Å². The molecule has 2 rings (SSSR count). The average molecular weight is 344 g/mol. The molecule has 25 heavy (non-hydrogen) atoms. The summed E-state index contributed by atoms with van der Waals surface area (Å²) < 4.78 is 12.8. The molecule has 6 heteroatoms. The van der Waals surface area contributed by atoms with Crippen molar-refractivity contribution in [2.75, 3.05) is 30.8 Å². The number of carbonyl (C=O) groups is 2. The Labute approximate surface area is 146 Å². The highest BCUT2D eigenvalue weighted by atomic mass is 19.1. The number of nitrogens with one attached hydrogen (secondary N) is 3. The van der Waals surface area contributed by atoms with E-state index in [0.717, 1.165) is 17.0 Å². The molecule has 5 nitrogen and oxygen atoms in total. The summed E-state index contributed by atoms with van der Waals surface area (Å²) in [5.41, 5.74) is 2.48. The third-order valence-corrected chi connectivity index (χ3v) is 3.70. The fourth-order valence-electron chi connectivity index (χ4n) is 2.38. The average Bonchev–Trinajstić information content (AvgIpc) is 2.57. The van der Waals surface area contributed by atoms with Gasteiger partial charge in [0.25, 0.3) is 11.8 Å². The van der Waals surface area contributed by atoms with Crippen molar-refractivity contribution in [2.45, 2.75) is 13.3 Å². The summed E-state index contributed by atoms with van der Waals surface area (Å²) >= 11 is 0. The number of aryl methyl sites for hydroxylation is 1. The molecule has 0 fully saturated rings. The number of quaternary nitrogens is 1. The van der Waals surface area contributed by atoms with Crippen LogP contribution in [0.15, 0.2) is 48.5 Å². The number of likely N-dealkylation sites (N-methyl/N-ethyl adjacent to an activating group) is 1. The lowest BCUT2D eigenvalue weighted by molar-refractivity contribution is -0.862. The van der Waals surface area contributed by atoms with E-state index in [-0.39, 0.29) is 30.7 Å². The van der Waals surface area contributed by atoms with Gasteiger partial charge in [-0.3, -0.25) is 9.59 Å². The SMILES string of the molecule is CCc1ccc(NC(=O)C[NH+](C)CC(=O)Nc2ccc(F)cc2)cc1. The smallest absolute Gasteiger partial charge is 0.279 e. The van der Waals surface area contributed by atoms with Crippen LogP contribution in [0.3, 0.4) is 0 Å². The first-order valence-electron chi connectivity index (χ1n) is 8.21. The van der Waals surface area contributed by atoms with Crippen molar-refractivity contribution < 1.29 is 18.9 Å². The molecule has 1 unspecified atom stereocenters. The second-order valence-electron chi connectivity index (χ2n) is 5.96. The van der Waals surface area contributed by atoms with Gasteiger partial charge in [0.05, 0.1) is 7.05 Å². The van der Waals surface area contributed by atoms with Crippen LogP contribution in [0.5, 0.6) is 0 Å². The second kappa shape index (κ2) is 8.94. The number of rotatable bonds is 7. The van der Waals surface area contributed by atoms with Crippen LogP contribution in [0.2, 0.25) is 0 Å². The Hall–Kier alpha value is -2.73. The number of carbonyl (C=O) groups excluding carboxylic acids is 2. The van der Waals surface area contributed by atoms with Gasteiger partial charge in [0.15, 0.2) is 13.1 Å². The molecule has 0 aliphatic heterocycles. The minimum absolute atomic E-state index is 0.138. The molecule has 0 saturated heterocycles. The lowest BCUT2D eigenvalue weighted by Gasteiger charge is -2.14. The van der Waals surface area contributed by atoms with E-state index in [0.29, 0.717) is 5.69 Å². The Morgan fingerprint density at radius 3 is 1.76 bits per heavy atom. The second-order valence-corrected chi connectivity index (χ2v) is 5.96. The number of benzene rings is 2. The van der Waals surface area contributed by atoms with Crippen molar-refractivity contribution >= 4 is 23.2 Å². The molecule has 0 heterocycles. The summed E-state index contributed by atoms with van der Waals surface area (Å²) in [6.07, 6.45) is 0.949. The van der Waals surface area contributed by atoms with Gasteiger partial charge >= 0.3 is 0 Å². The minimum Gasteiger partial charge on any atom is -0.322 e. The lowest BCUT2D eigenvalue weighted by Crippen LogP contribution is -3.11. The molecule has 132 valence electrons. The van der Waals surface area contributed by atoms with E-state index in [1.54, 1.807) is 7.05 Å². The Morgan fingerprint density at radius 2 is 1.32 bits per heavy atom. The topological polar surface area (TPSA) is 62.6 Å². The summed E-state index contributed by atoms with van der Waals surface area (Å²) in [6, 6.07) is 13.2. The van der Waals surface area contributed by atoms with E-state index in [9.17, 15) is 14.0 Å². The quantitative estimate of drug-likeness (QED) is 0.712. The predicted molar refractivity (Wildman–Crippen MR) is 96.1 cm³/mol. The number of amides is 2.